The largest absolute Gasteiger partial charge is 0.309 e. The highest BCUT2D eigenvalue weighted by molar-refractivity contribution is 8.00. The number of thiazole rings is 1. The van der Waals surface area contributed by atoms with Gasteiger partial charge >= 0.3 is 0 Å². The lowest BCUT2D eigenvalue weighted by Crippen LogP contribution is -2.11. The molecule has 7 heteroatoms. The van der Waals surface area contributed by atoms with Gasteiger partial charge in [-0.1, -0.05) is 23.9 Å². The molecule has 0 saturated heterocycles. The zero-order valence-electron chi connectivity index (χ0n) is 12.7. The number of benzene rings is 1. The number of aromatic nitrogens is 3. The predicted octanol–water partition coefficient (Wildman–Crippen LogP) is 4.38. The second kappa shape index (κ2) is 5.68. The zero-order valence-corrected chi connectivity index (χ0v) is 15.1. The summed E-state index contributed by atoms with van der Waals surface area (Å²) in [6.07, 6.45) is 3.26. The van der Waals surface area contributed by atoms with Gasteiger partial charge in [0.15, 0.2) is 4.34 Å². The SMILES string of the molecule is O=c1[nH]c(CSc2nc3ccccc3s2)nc2sc3c(c12)CCC3. The molecule has 3 aromatic heterocycles. The third-order valence-electron chi connectivity index (χ3n) is 4.23. The van der Waals surface area contributed by atoms with Crippen LogP contribution in [0.15, 0.2) is 33.4 Å². The Morgan fingerprint density at radius 1 is 1.17 bits per heavy atom. The fourth-order valence-electron chi connectivity index (χ4n) is 3.16. The minimum Gasteiger partial charge on any atom is -0.309 e. The van der Waals surface area contributed by atoms with E-state index in [0.29, 0.717) is 5.75 Å². The molecule has 0 unspecified atom stereocenters. The van der Waals surface area contributed by atoms with Gasteiger partial charge in [-0.15, -0.1) is 22.7 Å². The van der Waals surface area contributed by atoms with Crippen LogP contribution in [-0.2, 0) is 18.6 Å². The summed E-state index contributed by atoms with van der Waals surface area (Å²) in [5.74, 6) is 1.37. The van der Waals surface area contributed by atoms with Crippen molar-refractivity contribution in [2.75, 3.05) is 0 Å². The molecule has 0 bridgehead atoms. The first-order valence-electron chi connectivity index (χ1n) is 7.80. The van der Waals surface area contributed by atoms with E-state index in [2.05, 4.69) is 21.0 Å². The highest BCUT2D eigenvalue weighted by Gasteiger charge is 2.21. The van der Waals surface area contributed by atoms with Crippen LogP contribution in [0.1, 0.15) is 22.7 Å². The van der Waals surface area contributed by atoms with E-state index < -0.39 is 0 Å². The summed E-state index contributed by atoms with van der Waals surface area (Å²) in [6, 6.07) is 8.13. The first-order valence-corrected chi connectivity index (χ1v) is 10.4. The van der Waals surface area contributed by atoms with Crippen LogP contribution in [0.3, 0.4) is 0 Å². The molecule has 0 aliphatic heterocycles. The van der Waals surface area contributed by atoms with Gasteiger partial charge in [0.2, 0.25) is 0 Å². The summed E-state index contributed by atoms with van der Waals surface area (Å²) in [7, 11) is 0. The normalized spacial score (nSPS) is 13.8. The van der Waals surface area contributed by atoms with Crippen LogP contribution >= 0.6 is 34.4 Å². The number of nitrogens with zero attached hydrogens (tertiary/aromatic N) is 2. The van der Waals surface area contributed by atoms with Gasteiger partial charge in [-0.2, -0.15) is 0 Å². The third kappa shape index (κ3) is 2.39. The Morgan fingerprint density at radius 2 is 2.08 bits per heavy atom. The average molecular weight is 372 g/mol. The number of aryl methyl sites for hydroxylation is 2. The van der Waals surface area contributed by atoms with Crippen LogP contribution in [-0.4, -0.2) is 15.0 Å². The van der Waals surface area contributed by atoms with Gasteiger partial charge in [0.05, 0.1) is 21.4 Å². The molecule has 1 aliphatic rings. The number of thiophene rings is 1. The molecule has 0 fully saturated rings. The fraction of sp³-hybridized carbons (Fsp3) is 0.235. The molecule has 0 spiro atoms. The summed E-state index contributed by atoms with van der Waals surface area (Å²) < 4.78 is 2.19. The monoisotopic (exact) mass is 371 g/mol. The number of hydrogen-bond acceptors (Lipinski definition) is 6. The summed E-state index contributed by atoms with van der Waals surface area (Å²) in [5, 5.41) is 0.821. The molecule has 4 aromatic rings. The fourth-order valence-corrected chi connectivity index (χ4v) is 6.38. The van der Waals surface area contributed by atoms with Gasteiger partial charge in [-0.25, -0.2) is 9.97 Å². The molecule has 1 N–H and O–H groups in total. The molecule has 0 radical (unpaired) electrons. The second-order valence-corrected chi connectivity index (χ2v) is 9.12. The topological polar surface area (TPSA) is 58.6 Å². The first kappa shape index (κ1) is 14.6. The predicted molar refractivity (Wildman–Crippen MR) is 101 cm³/mol. The third-order valence-corrected chi connectivity index (χ3v) is 7.61. The summed E-state index contributed by atoms with van der Waals surface area (Å²) >= 11 is 4.99. The van der Waals surface area contributed by atoms with Gasteiger partial charge in [0, 0.05) is 4.88 Å². The van der Waals surface area contributed by atoms with Crippen LogP contribution in [0.4, 0.5) is 0 Å². The number of nitrogens with one attached hydrogen (secondary N) is 1. The Bertz CT molecular complexity index is 1090. The van der Waals surface area contributed by atoms with E-state index in [1.54, 1.807) is 34.4 Å². The van der Waals surface area contributed by atoms with Crippen molar-refractivity contribution in [2.45, 2.75) is 29.4 Å². The Balaban J connectivity index is 1.45. The summed E-state index contributed by atoms with van der Waals surface area (Å²) in [4.78, 5) is 27.0. The molecule has 3 heterocycles. The van der Waals surface area contributed by atoms with Crippen LogP contribution in [0, 0.1) is 0 Å². The highest BCUT2D eigenvalue weighted by atomic mass is 32.2. The Labute approximate surface area is 150 Å². The van der Waals surface area contributed by atoms with Crippen LogP contribution in [0.5, 0.6) is 0 Å². The van der Waals surface area contributed by atoms with E-state index in [1.807, 2.05) is 18.2 Å². The number of aromatic amines is 1. The molecule has 5 rings (SSSR count). The van der Waals surface area contributed by atoms with Crippen molar-refractivity contribution in [3.05, 3.63) is 50.9 Å². The summed E-state index contributed by atoms with van der Waals surface area (Å²) in [6.45, 7) is 0. The van der Waals surface area contributed by atoms with E-state index >= 15 is 0 Å². The molecule has 0 saturated carbocycles. The van der Waals surface area contributed by atoms with E-state index in [1.165, 1.54) is 15.1 Å². The maximum atomic E-state index is 12.5. The van der Waals surface area contributed by atoms with E-state index in [-0.39, 0.29) is 5.56 Å². The van der Waals surface area contributed by atoms with Crippen molar-refractivity contribution in [3.8, 4) is 0 Å². The van der Waals surface area contributed by atoms with Gasteiger partial charge in [-0.05, 0) is 37.0 Å². The smallest absolute Gasteiger partial charge is 0.259 e. The summed E-state index contributed by atoms with van der Waals surface area (Å²) in [5.41, 5.74) is 2.27. The molecule has 120 valence electrons. The zero-order chi connectivity index (χ0) is 16.1. The Kier molecular flexibility index (Phi) is 3.46. The molecular formula is C17H13N3OS3. The number of rotatable bonds is 3. The molecule has 4 nitrogen and oxygen atoms in total. The minimum absolute atomic E-state index is 0.0132. The molecule has 0 amide bonds. The number of hydrogen-bond donors (Lipinski definition) is 1. The van der Waals surface area contributed by atoms with Crippen molar-refractivity contribution >= 4 is 54.9 Å². The minimum atomic E-state index is 0.0132. The van der Waals surface area contributed by atoms with Gasteiger partial charge < -0.3 is 4.98 Å². The Hall–Kier alpha value is -1.70. The van der Waals surface area contributed by atoms with Crippen molar-refractivity contribution in [1.29, 1.82) is 0 Å². The van der Waals surface area contributed by atoms with Crippen LogP contribution in [0.25, 0.3) is 20.4 Å². The quantitative estimate of drug-likeness (QED) is 0.543. The highest BCUT2D eigenvalue weighted by Crippen LogP contribution is 2.35. The first-order chi connectivity index (χ1) is 11.8. The van der Waals surface area contributed by atoms with Crippen LogP contribution < -0.4 is 5.56 Å². The van der Waals surface area contributed by atoms with Crippen molar-refractivity contribution in [3.63, 3.8) is 0 Å². The van der Waals surface area contributed by atoms with E-state index in [4.69, 9.17) is 0 Å². The van der Waals surface area contributed by atoms with Gasteiger partial charge in [0.25, 0.3) is 5.56 Å². The van der Waals surface area contributed by atoms with E-state index in [0.717, 1.165) is 45.2 Å². The maximum Gasteiger partial charge on any atom is 0.259 e. The van der Waals surface area contributed by atoms with Crippen molar-refractivity contribution in [1.82, 2.24) is 15.0 Å². The van der Waals surface area contributed by atoms with Crippen molar-refractivity contribution in [2.24, 2.45) is 0 Å². The standard InChI is InChI=1S/C17H13N3OS3/c21-15-14-9-4-3-7-11(9)23-16(14)20-13(19-15)8-22-17-18-10-5-1-2-6-12(10)24-17/h1-2,5-6H,3-4,7-8H2,(H,19,20,21). The van der Waals surface area contributed by atoms with Gasteiger partial charge in [-0.3, -0.25) is 4.79 Å². The van der Waals surface area contributed by atoms with E-state index in [9.17, 15) is 4.79 Å². The van der Waals surface area contributed by atoms with Crippen LogP contribution in [0.2, 0.25) is 0 Å². The molecule has 0 atom stereocenters. The average Bonchev–Trinajstić information content (AvgIpc) is 3.25. The van der Waals surface area contributed by atoms with Crippen molar-refractivity contribution < 1.29 is 0 Å². The lowest BCUT2D eigenvalue weighted by atomic mass is 10.2. The molecular weight excluding hydrogens is 358 g/mol. The number of para-hydroxylation sites is 1. The molecule has 24 heavy (non-hydrogen) atoms. The van der Waals surface area contributed by atoms with Gasteiger partial charge in [0.1, 0.15) is 10.7 Å². The number of fused-ring (bicyclic) bond motifs is 4. The number of thioether (sulfide) groups is 1. The Morgan fingerprint density at radius 3 is 3.00 bits per heavy atom. The maximum absolute atomic E-state index is 12.5. The lowest BCUT2D eigenvalue weighted by molar-refractivity contribution is 0.916. The number of H-pyrrole nitrogens is 1. The molecule has 1 aromatic carbocycles. The second-order valence-electron chi connectivity index (χ2n) is 5.79. The lowest BCUT2D eigenvalue weighted by Gasteiger charge is -2.00. The molecule has 1 aliphatic carbocycles.